The molecule has 3 heteroatoms. The molecule has 0 radical (unpaired) electrons. The van der Waals surface area contributed by atoms with E-state index in [4.69, 9.17) is 15.2 Å². The number of nitrogen functional groups attached to an aromatic ring is 1. The minimum atomic E-state index is 0.324. The summed E-state index contributed by atoms with van der Waals surface area (Å²) in [5.41, 5.74) is 6.44. The first kappa shape index (κ1) is 13.1. The molecule has 0 spiro atoms. The van der Waals surface area contributed by atoms with Crippen LogP contribution in [0, 0.1) is 11.8 Å². The van der Waals surface area contributed by atoms with Crippen LogP contribution in [-0.4, -0.2) is 13.2 Å². The van der Waals surface area contributed by atoms with Gasteiger partial charge in [0.25, 0.3) is 0 Å². The van der Waals surface area contributed by atoms with E-state index < -0.39 is 0 Å². The highest BCUT2D eigenvalue weighted by atomic mass is 16.5. The molecule has 3 atom stereocenters. The lowest BCUT2D eigenvalue weighted by molar-refractivity contribution is 0.100. The van der Waals surface area contributed by atoms with Crippen LogP contribution in [0.5, 0.6) is 11.5 Å². The molecule has 3 unspecified atom stereocenters. The van der Waals surface area contributed by atoms with Gasteiger partial charge >= 0.3 is 0 Å². The lowest BCUT2D eigenvalue weighted by Crippen LogP contribution is -2.28. The van der Waals surface area contributed by atoms with Crippen molar-refractivity contribution in [2.45, 2.75) is 39.2 Å². The van der Waals surface area contributed by atoms with Crippen molar-refractivity contribution in [3.8, 4) is 11.5 Å². The van der Waals surface area contributed by atoms with Crippen molar-refractivity contribution < 1.29 is 9.47 Å². The van der Waals surface area contributed by atoms with Crippen LogP contribution in [-0.2, 0) is 0 Å². The number of nitrogens with two attached hydrogens (primary N) is 1. The number of hydrogen-bond acceptors (Lipinski definition) is 3. The zero-order chi connectivity index (χ0) is 13.1. The van der Waals surface area contributed by atoms with E-state index in [2.05, 4.69) is 13.8 Å². The Kier molecular flexibility index (Phi) is 4.00. The Labute approximate surface area is 109 Å². The third kappa shape index (κ3) is 2.89. The molecule has 1 fully saturated rings. The minimum absolute atomic E-state index is 0.324. The Morgan fingerprint density at radius 1 is 1.17 bits per heavy atom. The van der Waals surface area contributed by atoms with Gasteiger partial charge in [0.05, 0.1) is 18.9 Å². The molecule has 1 aliphatic carbocycles. The van der Waals surface area contributed by atoms with Crippen molar-refractivity contribution in [1.29, 1.82) is 0 Å². The van der Waals surface area contributed by atoms with Crippen LogP contribution in [0.25, 0.3) is 0 Å². The zero-order valence-electron chi connectivity index (χ0n) is 11.5. The molecule has 0 bridgehead atoms. The Morgan fingerprint density at radius 2 is 1.94 bits per heavy atom. The van der Waals surface area contributed by atoms with Gasteiger partial charge in [0.15, 0.2) is 0 Å². The van der Waals surface area contributed by atoms with E-state index in [0.29, 0.717) is 17.5 Å². The van der Waals surface area contributed by atoms with E-state index in [1.165, 1.54) is 6.42 Å². The molecule has 1 aromatic carbocycles. The fourth-order valence-corrected chi connectivity index (χ4v) is 2.56. The van der Waals surface area contributed by atoms with Crippen molar-refractivity contribution in [2.75, 3.05) is 12.8 Å². The van der Waals surface area contributed by atoms with Gasteiger partial charge in [-0.2, -0.15) is 0 Å². The van der Waals surface area contributed by atoms with Gasteiger partial charge in [-0.25, -0.2) is 0 Å². The van der Waals surface area contributed by atoms with Crippen molar-refractivity contribution >= 4 is 5.69 Å². The SMILES string of the molecule is COc1cc(OC2CCC(C)C(C)C2)ccc1N. The molecule has 0 heterocycles. The van der Waals surface area contributed by atoms with Crippen molar-refractivity contribution in [3.63, 3.8) is 0 Å². The molecule has 0 saturated heterocycles. The smallest absolute Gasteiger partial charge is 0.145 e. The number of anilines is 1. The van der Waals surface area contributed by atoms with Gasteiger partial charge in [0, 0.05) is 6.07 Å². The lowest BCUT2D eigenvalue weighted by Gasteiger charge is -2.32. The quantitative estimate of drug-likeness (QED) is 0.834. The average molecular weight is 249 g/mol. The first-order valence-corrected chi connectivity index (χ1v) is 6.70. The highest BCUT2D eigenvalue weighted by Crippen LogP contribution is 2.33. The Bertz CT molecular complexity index is 405. The number of ether oxygens (including phenoxy) is 2. The number of hydrogen-bond donors (Lipinski definition) is 1. The van der Waals surface area contributed by atoms with Crippen LogP contribution >= 0.6 is 0 Å². The molecule has 0 amide bonds. The molecule has 0 aliphatic heterocycles. The number of rotatable bonds is 3. The predicted molar refractivity (Wildman–Crippen MR) is 74.0 cm³/mol. The van der Waals surface area contributed by atoms with Crippen LogP contribution < -0.4 is 15.2 Å². The molecule has 1 aromatic rings. The summed E-state index contributed by atoms with van der Waals surface area (Å²) in [4.78, 5) is 0. The van der Waals surface area contributed by atoms with Crippen LogP contribution in [0.2, 0.25) is 0 Å². The predicted octanol–water partition coefficient (Wildman–Crippen LogP) is 3.48. The average Bonchev–Trinajstić information content (AvgIpc) is 2.36. The fourth-order valence-electron chi connectivity index (χ4n) is 2.56. The summed E-state index contributed by atoms with van der Waals surface area (Å²) in [5.74, 6) is 3.09. The fraction of sp³-hybridized carbons (Fsp3) is 0.600. The van der Waals surface area contributed by atoms with Gasteiger partial charge in [-0.15, -0.1) is 0 Å². The summed E-state index contributed by atoms with van der Waals surface area (Å²) >= 11 is 0. The Balaban J connectivity index is 2.01. The highest BCUT2D eigenvalue weighted by molar-refractivity contribution is 5.55. The van der Waals surface area contributed by atoms with E-state index in [9.17, 15) is 0 Å². The molecule has 2 N–H and O–H groups in total. The van der Waals surface area contributed by atoms with Crippen LogP contribution in [0.1, 0.15) is 33.1 Å². The summed E-state index contributed by atoms with van der Waals surface area (Å²) in [5, 5.41) is 0. The van der Waals surface area contributed by atoms with E-state index >= 15 is 0 Å². The maximum atomic E-state index is 6.04. The zero-order valence-corrected chi connectivity index (χ0v) is 11.5. The monoisotopic (exact) mass is 249 g/mol. The van der Waals surface area contributed by atoms with Crippen molar-refractivity contribution in [3.05, 3.63) is 18.2 Å². The second-order valence-corrected chi connectivity index (χ2v) is 5.41. The van der Waals surface area contributed by atoms with Crippen molar-refractivity contribution in [1.82, 2.24) is 0 Å². The van der Waals surface area contributed by atoms with E-state index in [1.807, 2.05) is 18.2 Å². The molecular formula is C15H23NO2. The van der Waals surface area contributed by atoms with E-state index in [-0.39, 0.29) is 0 Å². The second-order valence-electron chi connectivity index (χ2n) is 5.41. The lowest BCUT2D eigenvalue weighted by atomic mass is 9.80. The normalized spacial score (nSPS) is 27.8. The van der Waals surface area contributed by atoms with Gasteiger partial charge < -0.3 is 15.2 Å². The van der Waals surface area contributed by atoms with Crippen LogP contribution in [0.15, 0.2) is 18.2 Å². The molecular weight excluding hydrogens is 226 g/mol. The van der Waals surface area contributed by atoms with E-state index in [1.54, 1.807) is 7.11 Å². The molecule has 3 nitrogen and oxygen atoms in total. The third-order valence-electron chi connectivity index (χ3n) is 4.06. The van der Waals surface area contributed by atoms with Gasteiger partial charge in [0.2, 0.25) is 0 Å². The van der Waals surface area contributed by atoms with Gasteiger partial charge in [-0.05, 0) is 43.2 Å². The summed E-state index contributed by atoms with van der Waals surface area (Å²) in [7, 11) is 1.62. The molecule has 0 aromatic heterocycles. The van der Waals surface area contributed by atoms with Crippen molar-refractivity contribution in [2.24, 2.45) is 11.8 Å². The van der Waals surface area contributed by atoms with Gasteiger partial charge in [-0.1, -0.05) is 13.8 Å². The highest BCUT2D eigenvalue weighted by Gasteiger charge is 2.25. The summed E-state index contributed by atoms with van der Waals surface area (Å²) in [6, 6.07) is 5.63. The van der Waals surface area contributed by atoms with E-state index in [0.717, 1.165) is 30.4 Å². The Morgan fingerprint density at radius 3 is 2.61 bits per heavy atom. The Hall–Kier alpha value is -1.38. The molecule has 1 saturated carbocycles. The first-order chi connectivity index (χ1) is 8.60. The van der Waals surface area contributed by atoms with Crippen LogP contribution in [0.3, 0.4) is 0 Å². The summed E-state index contributed by atoms with van der Waals surface area (Å²) in [6.45, 7) is 4.64. The molecule has 100 valence electrons. The summed E-state index contributed by atoms with van der Waals surface area (Å²) < 4.78 is 11.2. The topological polar surface area (TPSA) is 44.5 Å². The van der Waals surface area contributed by atoms with Gasteiger partial charge in [0.1, 0.15) is 11.5 Å². The van der Waals surface area contributed by atoms with Gasteiger partial charge in [-0.3, -0.25) is 0 Å². The molecule has 1 aliphatic rings. The third-order valence-corrected chi connectivity index (χ3v) is 4.06. The maximum absolute atomic E-state index is 6.04. The summed E-state index contributed by atoms with van der Waals surface area (Å²) in [6.07, 6.45) is 3.84. The maximum Gasteiger partial charge on any atom is 0.145 e. The molecule has 18 heavy (non-hydrogen) atoms. The first-order valence-electron chi connectivity index (χ1n) is 6.70. The largest absolute Gasteiger partial charge is 0.494 e. The second kappa shape index (κ2) is 5.51. The molecule has 2 rings (SSSR count). The minimum Gasteiger partial charge on any atom is -0.494 e. The van der Waals surface area contributed by atoms with Crippen LogP contribution in [0.4, 0.5) is 5.69 Å². The number of benzene rings is 1. The standard InChI is InChI=1S/C15H23NO2/c1-10-4-5-12(8-11(10)2)18-13-6-7-14(16)15(9-13)17-3/h6-7,9-12H,4-5,8,16H2,1-3H3. The number of methoxy groups -OCH3 is 1.